The quantitative estimate of drug-likeness (QED) is 0.844. The van der Waals surface area contributed by atoms with Gasteiger partial charge >= 0.3 is 0 Å². The van der Waals surface area contributed by atoms with Gasteiger partial charge in [0, 0.05) is 12.2 Å². The second-order valence-corrected chi connectivity index (χ2v) is 5.49. The Hall–Kier alpha value is -1.39. The molecule has 0 bridgehead atoms. The Morgan fingerprint density at radius 2 is 1.95 bits per heavy atom. The molecule has 0 fully saturated rings. The molecule has 4 heteroatoms. The first-order valence-corrected chi connectivity index (χ1v) is 7.17. The molecule has 0 aliphatic heterocycles. The molecule has 1 heterocycles. The summed E-state index contributed by atoms with van der Waals surface area (Å²) in [6.07, 6.45) is 2.63. The Morgan fingerprint density at radius 1 is 1.21 bits per heavy atom. The first kappa shape index (κ1) is 14.0. The molecule has 19 heavy (non-hydrogen) atoms. The normalized spacial score (nSPS) is 14.1. The molecular formula is C15H17FN2S. The molecule has 0 aliphatic carbocycles. The van der Waals surface area contributed by atoms with Crippen molar-refractivity contribution < 1.29 is 4.39 Å². The number of halogens is 1. The zero-order valence-electron chi connectivity index (χ0n) is 10.8. The summed E-state index contributed by atoms with van der Waals surface area (Å²) < 4.78 is 13.0. The number of nitrogens with zero attached hydrogens (tertiary/aromatic N) is 1. The molecule has 2 unspecified atom stereocenters. The zero-order chi connectivity index (χ0) is 13.7. The monoisotopic (exact) mass is 276 g/mol. The third-order valence-corrected chi connectivity index (χ3v) is 4.30. The second kappa shape index (κ2) is 6.68. The molecule has 1 aromatic heterocycles. The lowest BCUT2D eigenvalue weighted by atomic mass is 10.0. The maximum Gasteiger partial charge on any atom is 0.123 e. The van der Waals surface area contributed by atoms with Crippen molar-refractivity contribution >= 4 is 11.8 Å². The molecule has 0 radical (unpaired) electrons. The molecule has 0 spiro atoms. The Balaban J connectivity index is 2.23. The highest BCUT2D eigenvalue weighted by Gasteiger charge is 2.20. The van der Waals surface area contributed by atoms with Crippen LogP contribution in [0.2, 0.25) is 0 Å². The molecule has 0 saturated carbocycles. The molecule has 1 aromatic carbocycles. The van der Waals surface area contributed by atoms with E-state index < -0.39 is 0 Å². The van der Waals surface area contributed by atoms with Crippen LogP contribution in [0.25, 0.3) is 0 Å². The fraction of sp³-hybridized carbons (Fsp3) is 0.267. The Morgan fingerprint density at radius 3 is 2.53 bits per heavy atom. The largest absolute Gasteiger partial charge is 0.326 e. The highest BCUT2D eigenvalue weighted by molar-refractivity contribution is 7.99. The number of pyridine rings is 1. The number of benzene rings is 1. The topological polar surface area (TPSA) is 38.9 Å². The molecule has 100 valence electrons. The van der Waals surface area contributed by atoms with Gasteiger partial charge in [-0.25, -0.2) is 9.37 Å². The van der Waals surface area contributed by atoms with Gasteiger partial charge in [-0.3, -0.25) is 0 Å². The molecule has 2 N–H and O–H groups in total. The minimum Gasteiger partial charge on any atom is -0.326 e. The van der Waals surface area contributed by atoms with E-state index in [1.807, 2.05) is 18.2 Å². The van der Waals surface area contributed by atoms with Crippen LogP contribution in [0.3, 0.4) is 0 Å². The number of thioether (sulfide) groups is 1. The maximum absolute atomic E-state index is 13.0. The average molecular weight is 276 g/mol. The third kappa shape index (κ3) is 3.78. The lowest BCUT2D eigenvalue weighted by molar-refractivity contribution is 0.617. The van der Waals surface area contributed by atoms with E-state index >= 15 is 0 Å². The molecule has 2 aromatic rings. The number of nitrogens with two attached hydrogens (primary N) is 1. The number of hydrogen-bond donors (Lipinski definition) is 1. The highest BCUT2D eigenvalue weighted by Crippen LogP contribution is 2.36. The van der Waals surface area contributed by atoms with Gasteiger partial charge in [-0.1, -0.05) is 36.9 Å². The van der Waals surface area contributed by atoms with Gasteiger partial charge in [0.05, 0.1) is 10.3 Å². The summed E-state index contributed by atoms with van der Waals surface area (Å²) in [6, 6.07) is 12.4. The van der Waals surface area contributed by atoms with Crippen molar-refractivity contribution in [3.8, 4) is 0 Å². The van der Waals surface area contributed by atoms with Gasteiger partial charge in [-0.15, -0.1) is 0 Å². The van der Waals surface area contributed by atoms with Crippen molar-refractivity contribution in [2.75, 3.05) is 0 Å². The van der Waals surface area contributed by atoms with Crippen molar-refractivity contribution in [3.63, 3.8) is 0 Å². The summed E-state index contributed by atoms with van der Waals surface area (Å²) in [4.78, 5) is 4.31. The number of rotatable bonds is 5. The van der Waals surface area contributed by atoms with Crippen LogP contribution in [0.15, 0.2) is 53.7 Å². The molecule has 2 rings (SSSR count). The minimum absolute atomic E-state index is 0.0115. The van der Waals surface area contributed by atoms with Gasteiger partial charge in [0.25, 0.3) is 0 Å². The van der Waals surface area contributed by atoms with E-state index in [1.54, 1.807) is 30.1 Å². The van der Waals surface area contributed by atoms with E-state index in [2.05, 4.69) is 11.9 Å². The van der Waals surface area contributed by atoms with Gasteiger partial charge < -0.3 is 5.73 Å². The number of aromatic nitrogens is 1. The predicted molar refractivity (Wildman–Crippen MR) is 77.5 cm³/mol. The summed E-state index contributed by atoms with van der Waals surface area (Å²) >= 11 is 1.62. The first-order chi connectivity index (χ1) is 9.20. The van der Waals surface area contributed by atoms with E-state index in [0.29, 0.717) is 0 Å². The predicted octanol–water partition coefficient (Wildman–Crippen LogP) is 3.79. The molecule has 0 amide bonds. The van der Waals surface area contributed by atoms with Crippen molar-refractivity contribution in [2.45, 2.75) is 29.7 Å². The summed E-state index contributed by atoms with van der Waals surface area (Å²) in [5, 5.41) is 1.02. The molecule has 2 nitrogen and oxygen atoms in total. The molecule has 2 atom stereocenters. The SMILES string of the molecule is CCC(N)C(Sc1ccccn1)c1ccc(F)cc1. The summed E-state index contributed by atoms with van der Waals surface area (Å²) in [5.74, 6) is -0.226. The average Bonchev–Trinajstić information content (AvgIpc) is 2.46. The third-order valence-electron chi connectivity index (χ3n) is 2.94. The molecule has 0 saturated heterocycles. The van der Waals surface area contributed by atoms with Gasteiger partial charge in [-0.2, -0.15) is 0 Å². The summed E-state index contributed by atoms with van der Waals surface area (Å²) in [7, 11) is 0. The van der Waals surface area contributed by atoms with Crippen LogP contribution in [0.4, 0.5) is 4.39 Å². The highest BCUT2D eigenvalue weighted by atomic mass is 32.2. The van der Waals surface area contributed by atoms with Crippen molar-refractivity contribution in [1.29, 1.82) is 0 Å². The van der Waals surface area contributed by atoms with Crippen LogP contribution in [0.1, 0.15) is 24.2 Å². The standard InChI is InChI=1S/C15H17FN2S/c1-2-13(17)15(11-6-8-12(16)9-7-11)19-14-5-3-4-10-18-14/h3-10,13,15H,2,17H2,1H3. The van der Waals surface area contributed by atoms with Crippen LogP contribution >= 0.6 is 11.8 Å². The van der Waals surface area contributed by atoms with Crippen molar-refractivity contribution in [2.24, 2.45) is 5.73 Å². The van der Waals surface area contributed by atoms with Gasteiger partial charge in [0.2, 0.25) is 0 Å². The van der Waals surface area contributed by atoms with Gasteiger partial charge in [0.1, 0.15) is 5.82 Å². The van der Waals surface area contributed by atoms with Crippen LogP contribution in [-0.4, -0.2) is 11.0 Å². The van der Waals surface area contributed by atoms with E-state index in [9.17, 15) is 4.39 Å². The van der Waals surface area contributed by atoms with Crippen LogP contribution in [0.5, 0.6) is 0 Å². The van der Waals surface area contributed by atoms with E-state index in [-0.39, 0.29) is 17.1 Å². The van der Waals surface area contributed by atoms with Crippen molar-refractivity contribution in [3.05, 3.63) is 60.0 Å². The van der Waals surface area contributed by atoms with Gasteiger partial charge in [0.15, 0.2) is 0 Å². The van der Waals surface area contributed by atoms with Crippen LogP contribution < -0.4 is 5.73 Å². The first-order valence-electron chi connectivity index (χ1n) is 6.29. The fourth-order valence-corrected chi connectivity index (χ4v) is 3.02. The van der Waals surface area contributed by atoms with Crippen LogP contribution in [-0.2, 0) is 0 Å². The number of hydrogen-bond acceptors (Lipinski definition) is 3. The Labute approximate surface area is 117 Å². The Bertz CT molecular complexity index is 501. The second-order valence-electron chi connectivity index (χ2n) is 4.33. The minimum atomic E-state index is -0.226. The van der Waals surface area contributed by atoms with Crippen molar-refractivity contribution in [1.82, 2.24) is 4.98 Å². The van der Waals surface area contributed by atoms with E-state index in [0.717, 1.165) is 17.0 Å². The summed E-state index contributed by atoms with van der Waals surface area (Å²) in [5.41, 5.74) is 7.23. The van der Waals surface area contributed by atoms with E-state index in [4.69, 9.17) is 5.73 Å². The fourth-order valence-electron chi connectivity index (χ4n) is 1.82. The lowest BCUT2D eigenvalue weighted by Crippen LogP contribution is -2.25. The van der Waals surface area contributed by atoms with E-state index in [1.165, 1.54) is 12.1 Å². The van der Waals surface area contributed by atoms with Gasteiger partial charge in [-0.05, 0) is 36.2 Å². The lowest BCUT2D eigenvalue weighted by Gasteiger charge is -2.22. The molecule has 0 aliphatic rings. The smallest absolute Gasteiger partial charge is 0.123 e. The Kier molecular flexibility index (Phi) is 4.93. The maximum atomic E-state index is 13.0. The zero-order valence-corrected chi connectivity index (χ0v) is 11.6. The van der Waals surface area contributed by atoms with Crippen LogP contribution in [0, 0.1) is 5.82 Å². The molecular weight excluding hydrogens is 259 g/mol. The summed E-state index contributed by atoms with van der Waals surface area (Å²) in [6.45, 7) is 2.06.